The van der Waals surface area contributed by atoms with Crippen molar-refractivity contribution in [3.05, 3.63) is 59.1 Å². The first-order valence-electron chi connectivity index (χ1n) is 6.51. The van der Waals surface area contributed by atoms with Gasteiger partial charge in [-0.15, -0.1) is 0 Å². The monoisotopic (exact) mass is 291 g/mol. The Hall–Kier alpha value is -2.70. The normalized spacial score (nSPS) is 11.2. The number of fused-ring (bicyclic) bond motifs is 5. The van der Waals surface area contributed by atoms with Crippen LogP contribution < -0.4 is 5.73 Å². The third-order valence-corrected chi connectivity index (χ3v) is 4.08. The molecule has 0 bridgehead atoms. The van der Waals surface area contributed by atoms with Gasteiger partial charge in [0.05, 0.1) is 11.0 Å². The molecule has 4 aromatic rings. The predicted octanol–water partition coefficient (Wildman–Crippen LogP) is 4.35. The fraction of sp³-hybridized carbons (Fsp3) is 0. The van der Waals surface area contributed by atoms with Gasteiger partial charge in [-0.2, -0.15) is 5.26 Å². The largest absolute Gasteiger partial charge is 0.384 e. The van der Waals surface area contributed by atoms with E-state index < -0.39 is 0 Å². The number of nitrogen functional groups attached to an aromatic ring is 1. The second-order valence-electron chi connectivity index (χ2n) is 4.99. The zero-order valence-electron chi connectivity index (χ0n) is 11.0. The molecule has 4 heteroatoms. The van der Waals surface area contributed by atoms with Crippen molar-refractivity contribution >= 4 is 44.6 Å². The van der Waals surface area contributed by atoms with Gasteiger partial charge in [0.2, 0.25) is 0 Å². The highest BCUT2D eigenvalue weighted by Gasteiger charge is 2.15. The van der Waals surface area contributed by atoms with E-state index in [-0.39, 0.29) is 0 Å². The average Bonchev–Trinajstić information content (AvgIpc) is 2.88. The lowest BCUT2D eigenvalue weighted by Gasteiger charge is -2.10. The van der Waals surface area contributed by atoms with Crippen molar-refractivity contribution in [2.75, 3.05) is 5.73 Å². The molecule has 0 unspecified atom stereocenters. The van der Waals surface area contributed by atoms with Gasteiger partial charge in [0.25, 0.3) is 0 Å². The van der Waals surface area contributed by atoms with E-state index in [1.165, 1.54) is 0 Å². The number of halogens is 1. The second kappa shape index (κ2) is 4.15. The Kier molecular flexibility index (Phi) is 2.38. The Balaban J connectivity index is 2.40. The van der Waals surface area contributed by atoms with Crippen LogP contribution in [0.15, 0.2) is 48.5 Å². The number of nitrogens with two attached hydrogens (primary N) is 1. The van der Waals surface area contributed by atoms with Crippen molar-refractivity contribution in [2.24, 2.45) is 0 Å². The summed E-state index contributed by atoms with van der Waals surface area (Å²) < 4.78 is 1.92. The molecule has 0 aliphatic carbocycles. The lowest BCUT2D eigenvalue weighted by Crippen LogP contribution is -2.01. The Labute approximate surface area is 125 Å². The summed E-state index contributed by atoms with van der Waals surface area (Å²) in [5.41, 5.74) is 8.69. The maximum Gasteiger partial charge on any atom is 0.127 e. The van der Waals surface area contributed by atoms with Crippen molar-refractivity contribution in [1.82, 2.24) is 4.40 Å². The SMILES string of the molecule is N#Cc1c(N)n2c3ccccc3cc2c2cc(Cl)ccc12. The van der Waals surface area contributed by atoms with Gasteiger partial charge in [-0.3, -0.25) is 4.40 Å². The van der Waals surface area contributed by atoms with Crippen LogP contribution in [0.5, 0.6) is 0 Å². The molecular weight excluding hydrogens is 282 g/mol. The summed E-state index contributed by atoms with van der Waals surface area (Å²) in [5.74, 6) is 0.462. The summed E-state index contributed by atoms with van der Waals surface area (Å²) in [6, 6.07) is 17.8. The van der Waals surface area contributed by atoms with Gasteiger partial charge in [-0.05, 0) is 24.3 Å². The molecule has 100 valence electrons. The lowest BCUT2D eigenvalue weighted by atomic mass is 10.1. The van der Waals surface area contributed by atoms with E-state index in [1.54, 1.807) is 6.07 Å². The number of para-hydroxylation sites is 1. The molecule has 0 atom stereocenters. The second-order valence-corrected chi connectivity index (χ2v) is 5.42. The first-order chi connectivity index (χ1) is 10.2. The van der Waals surface area contributed by atoms with Crippen LogP contribution in [0.25, 0.3) is 27.2 Å². The van der Waals surface area contributed by atoms with Crippen LogP contribution >= 0.6 is 11.6 Å². The Morgan fingerprint density at radius 1 is 1.00 bits per heavy atom. The van der Waals surface area contributed by atoms with E-state index >= 15 is 0 Å². The van der Waals surface area contributed by atoms with Gasteiger partial charge >= 0.3 is 0 Å². The first kappa shape index (κ1) is 12.1. The van der Waals surface area contributed by atoms with Gasteiger partial charge in [0, 0.05) is 21.2 Å². The first-order valence-corrected chi connectivity index (χ1v) is 6.89. The van der Waals surface area contributed by atoms with Crippen LogP contribution in [-0.2, 0) is 0 Å². The minimum Gasteiger partial charge on any atom is -0.384 e. The number of nitriles is 1. The molecule has 0 aliphatic heterocycles. The summed E-state index contributed by atoms with van der Waals surface area (Å²) in [5, 5.41) is 13.0. The van der Waals surface area contributed by atoms with Gasteiger partial charge in [-0.1, -0.05) is 35.9 Å². The molecule has 3 nitrogen and oxygen atoms in total. The highest BCUT2D eigenvalue weighted by Crippen LogP contribution is 2.34. The molecule has 0 fully saturated rings. The molecule has 2 aromatic heterocycles. The zero-order valence-corrected chi connectivity index (χ0v) is 11.7. The van der Waals surface area contributed by atoms with E-state index in [0.29, 0.717) is 16.4 Å². The summed E-state index contributed by atoms with van der Waals surface area (Å²) in [4.78, 5) is 0. The minimum atomic E-state index is 0.462. The summed E-state index contributed by atoms with van der Waals surface area (Å²) in [6.07, 6.45) is 0. The molecule has 0 saturated heterocycles. The molecule has 0 radical (unpaired) electrons. The molecule has 2 aromatic carbocycles. The molecule has 0 aliphatic rings. The van der Waals surface area contributed by atoms with Gasteiger partial charge in [0.1, 0.15) is 17.5 Å². The van der Waals surface area contributed by atoms with Crippen molar-refractivity contribution in [3.63, 3.8) is 0 Å². The number of nitrogens with zero attached hydrogens (tertiary/aromatic N) is 2. The van der Waals surface area contributed by atoms with Gasteiger partial charge < -0.3 is 5.73 Å². The molecular formula is C17H10ClN3. The number of rotatable bonds is 0. The number of hydrogen-bond acceptors (Lipinski definition) is 2. The lowest BCUT2D eigenvalue weighted by molar-refractivity contribution is 1.27. The standard InChI is InChI=1S/C17H10ClN3/c18-11-5-6-12-13(8-11)16-7-10-3-1-2-4-15(10)21(16)17(20)14(12)9-19/h1-8H,20H2. The van der Waals surface area contributed by atoms with E-state index in [4.69, 9.17) is 17.3 Å². The van der Waals surface area contributed by atoms with Crippen LogP contribution in [0.4, 0.5) is 5.82 Å². The van der Waals surface area contributed by atoms with E-state index in [2.05, 4.69) is 12.1 Å². The summed E-state index contributed by atoms with van der Waals surface area (Å²) in [7, 11) is 0. The number of aromatic nitrogens is 1. The molecule has 21 heavy (non-hydrogen) atoms. The highest BCUT2D eigenvalue weighted by molar-refractivity contribution is 6.31. The van der Waals surface area contributed by atoms with Crippen LogP contribution in [0.2, 0.25) is 5.02 Å². The van der Waals surface area contributed by atoms with Gasteiger partial charge in [0.15, 0.2) is 0 Å². The number of pyridine rings is 1. The maximum atomic E-state index is 9.48. The average molecular weight is 292 g/mol. The summed E-state index contributed by atoms with van der Waals surface area (Å²) in [6.45, 7) is 0. The third-order valence-electron chi connectivity index (χ3n) is 3.85. The van der Waals surface area contributed by atoms with Crippen LogP contribution in [-0.4, -0.2) is 4.40 Å². The van der Waals surface area contributed by atoms with Crippen molar-refractivity contribution in [1.29, 1.82) is 5.26 Å². The number of hydrogen-bond donors (Lipinski definition) is 1. The molecule has 4 rings (SSSR count). The minimum absolute atomic E-state index is 0.462. The topological polar surface area (TPSA) is 54.2 Å². The smallest absolute Gasteiger partial charge is 0.127 e. The van der Waals surface area contributed by atoms with Crippen LogP contribution in [0, 0.1) is 11.3 Å². The Morgan fingerprint density at radius 2 is 1.81 bits per heavy atom. The van der Waals surface area contributed by atoms with Crippen molar-refractivity contribution < 1.29 is 0 Å². The van der Waals surface area contributed by atoms with Gasteiger partial charge in [-0.25, -0.2) is 0 Å². The zero-order chi connectivity index (χ0) is 14.6. The highest BCUT2D eigenvalue weighted by atomic mass is 35.5. The Morgan fingerprint density at radius 3 is 2.62 bits per heavy atom. The van der Waals surface area contributed by atoms with E-state index in [0.717, 1.165) is 27.2 Å². The van der Waals surface area contributed by atoms with E-state index in [1.807, 2.05) is 40.8 Å². The maximum absolute atomic E-state index is 9.48. The molecule has 2 N–H and O–H groups in total. The molecule has 0 amide bonds. The Bertz CT molecular complexity index is 1070. The number of anilines is 1. The third kappa shape index (κ3) is 1.54. The quantitative estimate of drug-likeness (QED) is 0.523. The number of benzene rings is 2. The fourth-order valence-corrected chi connectivity index (χ4v) is 3.10. The molecule has 2 heterocycles. The van der Waals surface area contributed by atoms with Crippen molar-refractivity contribution in [2.45, 2.75) is 0 Å². The summed E-state index contributed by atoms with van der Waals surface area (Å²) >= 11 is 6.13. The van der Waals surface area contributed by atoms with E-state index in [9.17, 15) is 5.26 Å². The van der Waals surface area contributed by atoms with Crippen LogP contribution in [0.1, 0.15) is 5.56 Å². The predicted molar refractivity (Wildman–Crippen MR) is 86.5 cm³/mol. The van der Waals surface area contributed by atoms with Crippen LogP contribution in [0.3, 0.4) is 0 Å². The molecule has 0 saturated carbocycles. The van der Waals surface area contributed by atoms with Crippen molar-refractivity contribution in [3.8, 4) is 6.07 Å². The fourth-order valence-electron chi connectivity index (χ4n) is 2.93. The molecule has 0 spiro atoms.